The maximum atomic E-state index is 5.91. The molecule has 2 heteroatoms. The fourth-order valence-electron chi connectivity index (χ4n) is 2.99. The summed E-state index contributed by atoms with van der Waals surface area (Å²) in [5.41, 5.74) is 0.0111. The highest BCUT2D eigenvalue weighted by molar-refractivity contribution is 4.92. The Balaban J connectivity index is 4.71. The predicted octanol–water partition coefficient (Wildman–Crippen LogP) is 4.39. The zero-order valence-corrected chi connectivity index (χ0v) is 13.5. The summed E-state index contributed by atoms with van der Waals surface area (Å²) in [6, 6.07) is 0.485. The number of hydrogen-bond acceptors (Lipinski definition) is 2. The van der Waals surface area contributed by atoms with Crippen LogP contribution < -0.4 is 5.32 Å². The van der Waals surface area contributed by atoms with E-state index in [0.29, 0.717) is 6.04 Å². The first kappa shape index (κ1) is 17.9. The standard InChI is InChI=1S/C16H35NO/c1-7-11-14(5)13-15(17-12-8-2)16(9-3,10-4)18-6/h14-15,17H,7-13H2,1-6H3. The smallest absolute Gasteiger partial charge is 0.0825 e. The molecule has 2 unspecified atom stereocenters. The third-order valence-electron chi connectivity index (χ3n) is 4.30. The summed E-state index contributed by atoms with van der Waals surface area (Å²) in [7, 11) is 1.87. The Hall–Kier alpha value is -0.0800. The van der Waals surface area contributed by atoms with Crippen molar-refractivity contribution in [1.82, 2.24) is 5.32 Å². The molecule has 1 N–H and O–H groups in total. The molecule has 0 radical (unpaired) electrons. The van der Waals surface area contributed by atoms with E-state index in [1.165, 1.54) is 25.7 Å². The van der Waals surface area contributed by atoms with Gasteiger partial charge in [0.05, 0.1) is 5.60 Å². The lowest BCUT2D eigenvalue weighted by molar-refractivity contribution is -0.0527. The Bertz CT molecular complexity index is 181. The molecule has 0 aliphatic rings. The van der Waals surface area contributed by atoms with Gasteiger partial charge in [0.2, 0.25) is 0 Å². The van der Waals surface area contributed by atoms with E-state index in [2.05, 4.69) is 39.9 Å². The van der Waals surface area contributed by atoms with Crippen molar-refractivity contribution in [1.29, 1.82) is 0 Å². The summed E-state index contributed by atoms with van der Waals surface area (Å²) in [5, 5.41) is 3.73. The molecule has 0 fully saturated rings. The minimum atomic E-state index is 0.0111. The summed E-state index contributed by atoms with van der Waals surface area (Å²) < 4.78 is 5.91. The molecular formula is C16H35NO. The second-order valence-electron chi connectivity index (χ2n) is 5.61. The number of methoxy groups -OCH3 is 1. The van der Waals surface area contributed by atoms with Crippen LogP contribution in [0.1, 0.15) is 73.1 Å². The van der Waals surface area contributed by atoms with E-state index in [1.54, 1.807) is 0 Å². The molecule has 0 heterocycles. The summed E-state index contributed by atoms with van der Waals surface area (Å²) in [4.78, 5) is 0. The molecule has 2 atom stereocenters. The van der Waals surface area contributed by atoms with Crippen LogP contribution in [0.25, 0.3) is 0 Å². The van der Waals surface area contributed by atoms with Crippen LogP contribution >= 0.6 is 0 Å². The van der Waals surface area contributed by atoms with E-state index in [4.69, 9.17) is 4.74 Å². The topological polar surface area (TPSA) is 21.3 Å². The molecule has 0 aromatic carbocycles. The monoisotopic (exact) mass is 257 g/mol. The first-order valence-electron chi connectivity index (χ1n) is 7.88. The lowest BCUT2D eigenvalue weighted by Crippen LogP contribution is -2.52. The zero-order chi connectivity index (χ0) is 14.0. The quantitative estimate of drug-likeness (QED) is 0.593. The van der Waals surface area contributed by atoms with E-state index in [9.17, 15) is 0 Å². The first-order chi connectivity index (χ1) is 8.60. The van der Waals surface area contributed by atoms with Gasteiger partial charge in [0.25, 0.3) is 0 Å². The van der Waals surface area contributed by atoms with Gasteiger partial charge in [-0.1, -0.05) is 47.5 Å². The Morgan fingerprint density at radius 3 is 2.06 bits per heavy atom. The largest absolute Gasteiger partial charge is 0.377 e. The molecule has 0 aliphatic heterocycles. The number of rotatable bonds is 11. The normalized spacial score (nSPS) is 15.7. The van der Waals surface area contributed by atoms with Crippen LogP contribution in [0.3, 0.4) is 0 Å². The van der Waals surface area contributed by atoms with Gasteiger partial charge in [-0.25, -0.2) is 0 Å². The second-order valence-corrected chi connectivity index (χ2v) is 5.61. The van der Waals surface area contributed by atoms with Gasteiger partial charge in [-0.05, 0) is 38.1 Å². The minimum absolute atomic E-state index is 0.0111. The van der Waals surface area contributed by atoms with E-state index in [-0.39, 0.29) is 5.60 Å². The summed E-state index contributed by atoms with van der Waals surface area (Å²) in [6.45, 7) is 12.5. The Labute approximate surface area is 115 Å². The van der Waals surface area contributed by atoms with Crippen molar-refractivity contribution >= 4 is 0 Å². The van der Waals surface area contributed by atoms with Crippen LogP contribution in [-0.2, 0) is 4.74 Å². The highest BCUT2D eigenvalue weighted by atomic mass is 16.5. The molecule has 2 nitrogen and oxygen atoms in total. The van der Waals surface area contributed by atoms with Gasteiger partial charge >= 0.3 is 0 Å². The third-order valence-corrected chi connectivity index (χ3v) is 4.30. The van der Waals surface area contributed by atoms with Gasteiger partial charge in [-0.3, -0.25) is 0 Å². The van der Waals surface area contributed by atoms with Crippen molar-refractivity contribution in [2.24, 2.45) is 5.92 Å². The Kier molecular flexibility index (Phi) is 9.76. The average molecular weight is 257 g/mol. The van der Waals surface area contributed by atoms with Crippen molar-refractivity contribution in [2.75, 3.05) is 13.7 Å². The van der Waals surface area contributed by atoms with Crippen molar-refractivity contribution in [3.05, 3.63) is 0 Å². The Morgan fingerprint density at radius 2 is 1.67 bits per heavy atom. The lowest BCUT2D eigenvalue weighted by atomic mass is 9.82. The van der Waals surface area contributed by atoms with Crippen molar-refractivity contribution in [3.63, 3.8) is 0 Å². The Morgan fingerprint density at radius 1 is 1.06 bits per heavy atom. The van der Waals surface area contributed by atoms with Crippen LogP contribution in [0.4, 0.5) is 0 Å². The van der Waals surface area contributed by atoms with Gasteiger partial charge < -0.3 is 10.1 Å². The van der Waals surface area contributed by atoms with E-state index in [0.717, 1.165) is 25.3 Å². The van der Waals surface area contributed by atoms with Crippen LogP contribution in [0, 0.1) is 5.92 Å². The van der Waals surface area contributed by atoms with Crippen LogP contribution in [0.5, 0.6) is 0 Å². The fourth-order valence-corrected chi connectivity index (χ4v) is 2.99. The van der Waals surface area contributed by atoms with Crippen molar-refractivity contribution < 1.29 is 4.74 Å². The van der Waals surface area contributed by atoms with Crippen molar-refractivity contribution in [3.8, 4) is 0 Å². The molecular weight excluding hydrogens is 222 g/mol. The molecule has 110 valence electrons. The van der Waals surface area contributed by atoms with Gasteiger partial charge in [0.15, 0.2) is 0 Å². The van der Waals surface area contributed by atoms with E-state index >= 15 is 0 Å². The summed E-state index contributed by atoms with van der Waals surface area (Å²) in [6.07, 6.45) is 7.17. The maximum absolute atomic E-state index is 5.91. The molecule has 0 saturated carbocycles. The van der Waals surface area contributed by atoms with Gasteiger partial charge in [0, 0.05) is 13.2 Å². The molecule has 0 aromatic heterocycles. The second kappa shape index (κ2) is 9.80. The fraction of sp³-hybridized carbons (Fsp3) is 1.00. The molecule has 0 rings (SSSR count). The van der Waals surface area contributed by atoms with E-state index < -0.39 is 0 Å². The summed E-state index contributed by atoms with van der Waals surface area (Å²) in [5.74, 6) is 0.775. The van der Waals surface area contributed by atoms with Crippen LogP contribution in [0.15, 0.2) is 0 Å². The molecule has 18 heavy (non-hydrogen) atoms. The first-order valence-corrected chi connectivity index (χ1v) is 7.88. The number of nitrogens with one attached hydrogen (secondary N) is 1. The molecule has 0 aliphatic carbocycles. The van der Waals surface area contributed by atoms with Crippen LogP contribution in [0.2, 0.25) is 0 Å². The zero-order valence-electron chi connectivity index (χ0n) is 13.5. The highest BCUT2D eigenvalue weighted by Crippen LogP contribution is 2.29. The molecule has 0 saturated heterocycles. The molecule has 0 spiro atoms. The molecule has 0 aromatic rings. The van der Waals surface area contributed by atoms with Gasteiger partial charge in [-0.15, -0.1) is 0 Å². The number of hydrogen-bond donors (Lipinski definition) is 1. The van der Waals surface area contributed by atoms with Gasteiger partial charge in [-0.2, -0.15) is 0 Å². The maximum Gasteiger partial charge on any atom is 0.0825 e. The highest BCUT2D eigenvalue weighted by Gasteiger charge is 2.35. The lowest BCUT2D eigenvalue weighted by Gasteiger charge is -2.40. The van der Waals surface area contributed by atoms with Crippen molar-refractivity contribution in [2.45, 2.75) is 84.8 Å². The average Bonchev–Trinajstić information content (AvgIpc) is 2.38. The van der Waals surface area contributed by atoms with E-state index in [1.807, 2.05) is 7.11 Å². The van der Waals surface area contributed by atoms with Crippen LogP contribution in [-0.4, -0.2) is 25.3 Å². The number of ether oxygens (including phenoxy) is 1. The van der Waals surface area contributed by atoms with Gasteiger partial charge in [0.1, 0.15) is 0 Å². The SMILES string of the molecule is CCCNC(CC(C)CCC)C(CC)(CC)OC. The summed E-state index contributed by atoms with van der Waals surface area (Å²) >= 11 is 0. The minimum Gasteiger partial charge on any atom is -0.377 e. The molecule has 0 bridgehead atoms. The molecule has 0 amide bonds. The predicted molar refractivity (Wildman–Crippen MR) is 81.1 cm³/mol. The third kappa shape index (κ3) is 5.27.